The first-order valence-electron chi connectivity index (χ1n) is 7.11. The van der Waals surface area contributed by atoms with Crippen LogP contribution in [-0.2, 0) is 0 Å². The first kappa shape index (κ1) is 14.1. The molecule has 0 unspecified atom stereocenters. The highest BCUT2D eigenvalue weighted by Gasteiger charge is 2.17. The van der Waals surface area contributed by atoms with Crippen molar-refractivity contribution in [1.29, 1.82) is 0 Å². The molecular formula is C14H24N4O. The van der Waals surface area contributed by atoms with E-state index in [0.717, 1.165) is 38.0 Å². The van der Waals surface area contributed by atoms with Crippen LogP contribution < -0.4 is 10.1 Å². The Morgan fingerprint density at radius 3 is 2.79 bits per heavy atom. The minimum absolute atomic E-state index is 0.469. The Morgan fingerprint density at radius 1 is 1.37 bits per heavy atom. The Labute approximate surface area is 115 Å². The third kappa shape index (κ3) is 4.35. The van der Waals surface area contributed by atoms with Gasteiger partial charge in [-0.1, -0.05) is 6.92 Å². The van der Waals surface area contributed by atoms with Crippen LogP contribution in [-0.4, -0.2) is 47.7 Å². The maximum absolute atomic E-state index is 5.58. The van der Waals surface area contributed by atoms with Crippen molar-refractivity contribution in [3.05, 3.63) is 11.8 Å². The van der Waals surface area contributed by atoms with Crippen LogP contribution in [0.2, 0.25) is 0 Å². The van der Waals surface area contributed by atoms with Crippen LogP contribution in [0, 0.1) is 6.92 Å². The van der Waals surface area contributed by atoms with Crippen LogP contribution in [0.4, 0.5) is 5.95 Å². The second kappa shape index (κ2) is 6.70. The molecule has 0 amide bonds. The van der Waals surface area contributed by atoms with Crippen LogP contribution in [0.1, 0.15) is 31.9 Å². The fourth-order valence-electron chi connectivity index (χ4n) is 2.22. The number of hydrogen-bond donors (Lipinski definition) is 1. The van der Waals surface area contributed by atoms with Gasteiger partial charge in [-0.15, -0.1) is 0 Å². The molecule has 1 saturated heterocycles. The van der Waals surface area contributed by atoms with E-state index in [1.165, 1.54) is 0 Å². The van der Waals surface area contributed by atoms with Gasteiger partial charge in [0, 0.05) is 17.8 Å². The number of hydrogen-bond acceptors (Lipinski definition) is 5. The van der Waals surface area contributed by atoms with Crippen molar-refractivity contribution >= 4 is 5.95 Å². The Balaban J connectivity index is 1.97. The van der Waals surface area contributed by atoms with Crippen LogP contribution in [0.5, 0.6) is 5.88 Å². The molecule has 2 rings (SSSR count). The van der Waals surface area contributed by atoms with E-state index >= 15 is 0 Å². The molecule has 5 heteroatoms. The van der Waals surface area contributed by atoms with Crippen molar-refractivity contribution in [2.24, 2.45) is 0 Å². The number of nitrogens with one attached hydrogen (secondary N) is 1. The number of aromatic nitrogens is 2. The number of aryl methyl sites for hydroxylation is 1. The van der Waals surface area contributed by atoms with E-state index in [9.17, 15) is 0 Å². The highest BCUT2D eigenvalue weighted by molar-refractivity contribution is 5.31. The molecule has 0 atom stereocenters. The number of ether oxygens (including phenoxy) is 1. The molecule has 1 N–H and O–H groups in total. The summed E-state index contributed by atoms with van der Waals surface area (Å²) < 4.78 is 5.58. The third-order valence-electron chi connectivity index (χ3n) is 3.34. The topological polar surface area (TPSA) is 50.3 Å². The Kier molecular flexibility index (Phi) is 4.96. The minimum Gasteiger partial charge on any atom is -0.478 e. The molecule has 1 fully saturated rings. The molecule has 1 aromatic rings. The lowest BCUT2D eigenvalue weighted by atomic mass is 10.1. The van der Waals surface area contributed by atoms with Gasteiger partial charge in [-0.3, -0.25) is 0 Å². The van der Waals surface area contributed by atoms with E-state index in [4.69, 9.17) is 4.74 Å². The van der Waals surface area contributed by atoms with Gasteiger partial charge in [0.05, 0.1) is 6.61 Å². The molecule has 1 aliphatic heterocycles. The normalized spacial score (nSPS) is 17.4. The largest absolute Gasteiger partial charge is 0.478 e. The van der Waals surface area contributed by atoms with Gasteiger partial charge in [0.1, 0.15) is 0 Å². The molecule has 106 valence electrons. The van der Waals surface area contributed by atoms with Gasteiger partial charge in [-0.2, -0.15) is 4.98 Å². The van der Waals surface area contributed by atoms with Crippen LogP contribution in [0.15, 0.2) is 6.07 Å². The number of anilines is 1. The first-order chi connectivity index (χ1) is 9.17. The summed E-state index contributed by atoms with van der Waals surface area (Å²) in [6, 6.07) is 2.35. The molecule has 0 saturated carbocycles. The average molecular weight is 264 g/mol. The molecular weight excluding hydrogens is 240 g/mol. The molecule has 0 aromatic carbocycles. The minimum atomic E-state index is 0.469. The smallest absolute Gasteiger partial charge is 0.226 e. The van der Waals surface area contributed by atoms with Gasteiger partial charge < -0.3 is 15.0 Å². The van der Waals surface area contributed by atoms with Gasteiger partial charge in [0.25, 0.3) is 0 Å². The zero-order valence-electron chi connectivity index (χ0n) is 12.1. The maximum atomic E-state index is 5.58. The van der Waals surface area contributed by atoms with Gasteiger partial charge in [-0.25, -0.2) is 4.98 Å². The van der Waals surface area contributed by atoms with E-state index in [1.54, 1.807) is 0 Å². The summed E-state index contributed by atoms with van der Waals surface area (Å²) in [7, 11) is 2.16. The molecule has 5 nitrogen and oxygen atoms in total. The number of piperidine rings is 1. The highest BCUT2D eigenvalue weighted by atomic mass is 16.5. The van der Waals surface area contributed by atoms with E-state index in [2.05, 4.69) is 34.2 Å². The van der Waals surface area contributed by atoms with Gasteiger partial charge in [0.2, 0.25) is 11.8 Å². The molecule has 19 heavy (non-hydrogen) atoms. The van der Waals surface area contributed by atoms with Gasteiger partial charge >= 0.3 is 0 Å². The monoisotopic (exact) mass is 264 g/mol. The molecule has 1 aromatic heterocycles. The fourth-order valence-corrected chi connectivity index (χ4v) is 2.22. The van der Waals surface area contributed by atoms with Crippen LogP contribution >= 0.6 is 0 Å². The van der Waals surface area contributed by atoms with E-state index < -0.39 is 0 Å². The second-order valence-corrected chi connectivity index (χ2v) is 5.24. The lowest BCUT2D eigenvalue weighted by molar-refractivity contribution is 0.263. The van der Waals surface area contributed by atoms with Crippen molar-refractivity contribution < 1.29 is 4.74 Å². The molecule has 0 spiro atoms. The standard InChI is InChI=1S/C14H24N4O/c1-4-9-19-13-10-11(2)15-14(17-13)16-12-5-7-18(3)8-6-12/h10,12H,4-9H2,1-3H3,(H,15,16,17). The summed E-state index contributed by atoms with van der Waals surface area (Å²) in [4.78, 5) is 11.2. The number of nitrogens with zero attached hydrogens (tertiary/aromatic N) is 3. The van der Waals surface area contributed by atoms with Crippen molar-refractivity contribution in [2.45, 2.75) is 39.2 Å². The summed E-state index contributed by atoms with van der Waals surface area (Å²) in [6.07, 6.45) is 3.26. The zero-order valence-corrected chi connectivity index (χ0v) is 12.1. The van der Waals surface area contributed by atoms with E-state index in [-0.39, 0.29) is 0 Å². The van der Waals surface area contributed by atoms with E-state index in [0.29, 0.717) is 24.5 Å². The molecule has 0 bridgehead atoms. The summed E-state index contributed by atoms with van der Waals surface area (Å²) in [6.45, 7) is 7.02. The Morgan fingerprint density at radius 2 is 2.11 bits per heavy atom. The van der Waals surface area contributed by atoms with Crippen molar-refractivity contribution in [3.8, 4) is 5.88 Å². The summed E-state index contributed by atoms with van der Waals surface area (Å²) >= 11 is 0. The predicted molar refractivity (Wildman–Crippen MR) is 76.7 cm³/mol. The third-order valence-corrected chi connectivity index (χ3v) is 3.34. The first-order valence-corrected chi connectivity index (χ1v) is 7.11. The van der Waals surface area contributed by atoms with Crippen molar-refractivity contribution in [2.75, 3.05) is 32.1 Å². The Hall–Kier alpha value is -1.36. The van der Waals surface area contributed by atoms with Crippen LogP contribution in [0.3, 0.4) is 0 Å². The van der Waals surface area contributed by atoms with Gasteiger partial charge in [-0.05, 0) is 46.3 Å². The lowest BCUT2D eigenvalue weighted by Crippen LogP contribution is -2.37. The predicted octanol–water partition coefficient (Wildman–Crippen LogP) is 2.08. The van der Waals surface area contributed by atoms with Gasteiger partial charge in [0.15, 0.2) is 0 Å². The van der Waals surface area contributed by atoms with Crippen molar-refractivity contribution in [1.82, 2.24) is 14.9 Å². The number of likely N-dealkylation sites (tertiary alicyclic amines) is 1. The summed E-state index contributed by atoms with van der Waals surface area (Å²) in [5, 5.41) is 3.43. The molecule has 1 aliphatic rings. The summed E-state index contributed by atoms with van der Waals surface area (Å²) in [5.41, 5.74) is 0.941. The van der Waals surface area contributed by atoms with Crippen LogP contribution in [0.25, 0.3) is 0 Å². The fraction of sp³-hybridized carbons (Fsp3) is 0.714. The SMILES string of the molecule is CCCOc1cc(C)nc(NC2CCN(C)CC2)n1. The quantitative estimate of drug-likeness (QED) is 0.882. The average Bonchev–Trinajstić information content (AvgIpc) is 2.38. The zero-order chi connectivity index (χ0) is 13.7. The number of rotatable bonds is 5. The van der Waals surface area contributed by atoms with E-state index in [1.807, 2.05) is 13.0 Å². The lowest BCUT2D eigenvalue weighted by Gasteiger charge is -2.29. The summed E-state index contributed by atoms with van der Waals surface area (Å²) in [5.74, 6) is 1.37. The highest BCUT2D eigenvalue weighted by Crippen LogP contribution is 2.16. The molecule has 0 radical (unpaired) electrons. The maximum Gasteiger partial charge on any atom is 0.226 e. The molecule has 0 aliphatic carbocycles. The van der Waals surface area contributed by atoms with Crippen molar-refractivity contribution in [3.63, 3.8) is 0 Å². The second-order valence-electron chi connectivity index (χ2n) is 5.24. The Bertz CT molecular complexity index is 402. The molecule has 2 heterocycles.